The zero-order chi connectivity index (χ0) is 15.6. The third-order valence-corrected chi connectivity index (χ3v) is 3.43. The van der Waals surface area contributed by atoms with Crippen molar-refractivity contribution in [2.75, 3.05) is 7.11 Å². The maximum atomic E-state index is 10.1. The van der Waals surface area contributed by atoms with Crippen molar-refractivity contribution in [1.29, 1.82) is 0 Å². The molecule has 0 spiro atoms. The Balaban J connectivity index is 2.24. The van der Waals surface area contributed by atoms with E-state index in [0.717, 1.165) is 11.1 Å². The Morgan fingerprint density at radius 2 is 2.05 bits per heavy atom. The van der Waals surface area contributed by atoms with Gasteiger partial charge in [-0.25, -0.2) is 0 Å². The Kier molecular flexibility index (Phi) is 4.32. The molecule has 0 fully saturated rings. The maximum absolute atomic E-state index is 10.1. The Bertz CT molecular complexity index is 614. The normalized spacial score (nSPS) is 13.2. The molecule has 0 saturated heterocycles. The summed E-state index contributed by atoms with van der Waals surface area (Å²) in [4.78, 5) is 4.35. The first-order chi connectivity index (χ1) is 9.81. The van der Waals surface area contributed by atoms with Crippen molar-refractivity contribution >= 4 is 0 Å². The van der Waals surface area contributed by atoms with E-state index in [2.05, 4.69) is 10.1 Å². The lowest BCUT2D eigenvalue weighted by molar-refractivity contribution is 0.0565. The molecule has 0 radical (unpaired) electrons. The Labute approximate surface area is 125 Å². The highest BCUT2D eigenvalue weighted by Gasteiger charge is 2.25. The first-order valence-corrected chi connectivity index (χ1v) is 6.97. The molecule has 0 saturated carbocycles. The Hall–Kier alpha value is -1.88. The molecule has 1 aromatic carbocycles. The van der Waals surface area contributed by atoms with Crippen LogP contribution in [0.1, 0.15) is 32.2 Å². The van der Waals surface area contributed by atoms with Gasteiger partial charge in [0.05, 0.1) is 25.2 Å². The predicted molar refractivity (Wildman–Crippen MR) is 80.2 cm³/mol. The van der Waals surface area contributed by atoms with E-state index in [4.69, 9.17) is 9.26 Å². The first-order valence-electron chi connectivity index (χ1n) is 6.97. The summed E-state index contributed by atoms with van der Waals surface area (Å²) in [6, 6.07) is 5.80. The molecule has 1 N–H and O–H groups in total. The minimum atomic E-state index is -0.536. The number of hydrogen-bond acceptors (Lipinski definition) is 5. The molecule has 0 bridgehead atoms. The smallest absolute Gasteiger partial charge is 0.229 e. The minimum Gasteiger partial charge on any atom is -0.496 e. The predicted octanol–water partition coefficient (Wildman–Crippen LogP) is 3.00. The van der Waals surface area contributed by atoms with Gasteiger partial charge in [0.2, 0.25) is 11.7 Å². The van der Waals surface area contributed by atoms with Gasteiger partial charge in [-0.05, 0) is 30.0 Å². The number of rotatable bonds is 4. The van der Waals surface area contributed by atoms with Crippen LogP contribution in [0.15, 0.2) is 22.7 Å². The summed E-state index contributed by atoms with van der Waals surface area (Å²) in [5.74, 6) is 1.61. The van der Waals surface area contributed by atoms with Crippen LogP contribution in [-0.4, -0.2) is 28.5 Å². The fourth-order valence-electron chi connectivity index (χ4n) is 1.90. The van der Waals surface area contributed by atoms with Crippen molar-refractivity contribution in [1.82, 2.24) is 10.1 Å². The maximum Gasteiger partial charge on any atom is 0.229 e. The molecule has 5 heteroatoms. The van der Waals surface area contributed by atoms with Crippen LogP contribution in [0.3, 0.4) is 0 Å². The summed E-state index contributed by atoms with van der Waals surface area (Å²) < 4.78 is 10.6. The van der Waals surface area contributed by atoms with Crippen LogP contribution in [0.4, 0.5) is 0 Å². The lowest BCUT2D eigenvalue weighted by Crippen LogP contribution is -2.28. The van der Waals surface area contributed by atoms with E-state index in [1.54, 1.807) is 7.11 Å². The number of aromatic nitrogens is 2. The van der Waals surface area contributed by atoms with E-state index in [9.17, 15) is 5.11 Å². The van der Waals surface area contributed by atoms with Crippen molar-refractivity contribution in [2.24, 2.45) is 5.41 Å². The van der Waals surface area contributed by atoms with Crippen molar-refractivity contribution < 1.29 is 14.4 Å². The quantitative estimate of drug-likeness (QED) is 0.937. The number of hydrogen-bond donors (Lipinski definition) is 1. The first kappa shape index (κ1) is 15.5. The zero-order valence-electron chi connectivity index (χ0n) is 13.2. The van der Waals surface area contributed by atoms with Crippen LogP contribution in [-0.2, 0) is 6.42 Å². The molecule has 0 amide bonds. The molecule has 1 aromatic heterocycles. The third kappa shape index (κ3) is 3.61. The highest BCUT2D eigenvalue weighted by molar-refractivity contribution is 5.64. The average Bonchev–Trinajstić information content (AvgIpc) is 2.85. The van der Waals surface area contributed by atoms with Crippen molar-refractivity contribution in [3.8, 4) is 17.1 Å². The van der Waals surface area contributed by atoms with Gasteiger partial charge in [-0.15, -0.1) is 0 Å². The Morgan fingerprint density at radius 3 is 2.67 bits per heavy atom. The molecule has 1 heterocycles. The Morgan fingerprint density at radius 1 is 1.33 bits per heavy atom. The molecular formula is C16H22N2O3. The van der Waals surface area contributed by atoms with Gasteiger partial charge in [-0.2, -0.15) is 4.98 Å². The molecule has 1 atom stereocenters. The molecule has 1 unspecified atom stereocenters. The standard InChI is InChI=1S/C16H22N2O3/c1-10-6-7-11(12(8-10)20-5)15-17-14(21-18-15)9-13(19)16(2,3)4/h6-8,13,19H,9H2,1-5H3. The average molecular weight is 290 g/mol. The van der Waals surface area contributed by atoms with Gasteiger partial charge in [0.25, 0.3) is 0 Å². The molecule has 114 valence electrons. The molecule has 5 nitrogen and oxygen atoms in total. The fourth-order valence-corrected chi connectivity index (χ4v) is 1.90. The van der Waals surface area contributed by atoms with E-state index in [-0.39, 0.29) is 5.41 Å². The topological polar surface area (TPSA) is 68.4 Å². The summed E-state index contributed by atoms with van der Waals surface area (Å²) in [6.07, 6.45) is -0.198. The zero-order valence-corrected chi connectivity index (χ0v) is 13.2. The van der Waals surface area contributed by atoms with Gasteiger partial charge < -0.3 is 14.4 Å². The second kappa shape index (κ2) is 5.85. The van der Waals surface area contributed by atoms with Gasteiger partial charge in [0.1, 0.15) is 5.75 Å². The van der Waals surface area contributed by atoms with Crippen LogP contribution < -0.4 is 4.74 Å². The van der Waals surface area contributed by atoms with Crippen LogP contribution >= 0.6 is 0 Å². The number of ether oxygens (including phenoxy) is 1. The molecule has 2 aromatic rings. The van der Waals surface area contributed by atoms with Crippen LogP contribution in [0.2, 0.25) is 0 Å². The highest BCUT2D eigenvalue weighted by atomic mass is 16.5. The fraction of sp³-hybridized carbons (Fsp3) is 0.500. The molecule has 0 aliphatic rings. The van der Waals surface area contributed by atoms with Crippen LogP contribution in [0.25, 0.3) is 11.4 Å². The van der Waals surface area contributed by atoms with Crippen LogP contribution in [0, 0.1) is 12.3 Å². The van der Waals surface area contributed by atoms with Gasteiger partial charge in [0, 0.05) is 0 Å². The summed E-state index contributed by atoms with van der Waals surface area (Å²) in [5, 5.41) is 14.1. The largest absolute Gasteiger partial charge is 0.496 e. The summed E-state index contributed by atoms with van der Waals surface area (Å²) >= 11 is 0. The number of benzene rings is 1. The van der Waals surface area contributed by atoms with E-state index >= 15 is 0 Å². The second-order valence-electron chi connectivity index (χ2n) is 6.30. The van der Waals surface area contributed by atoms with E-state index in [1.165, 1.54) is 0 Å². The number of aliphatic hydroxyl groups excluding tert-OH is 1. The van der Waals surface area contributed by atoms with Crippen LogP contribution in [0.5, 0.6) is 5.75 Å². The van der Waals surface area contributed by atoms with Crippen molar-refractivity contribution in [3.63, 3.8) is 0 Å². The lowest BCUT2D eigenvalue weighted by Gasteiger charge is -2.24. The van der Waals surface area contributed by atoms with E-state index in [1.807, 2.05) is 45.9 Å². The molecule has 2 rings (SSSR count). The van der Waals surface area contributed by atoms with E-state index in [0.29, 0.717) is 23.9 Å². The second-order valence-corrected chi connectivity index (χ2v) is 6.30. The SMILES string of the molecule is COc1cc(C)ccc1-c1noc(CC(O)C(C)(C)C)n1. The number of aliphatic hydroxyl groups is 1. The van der Waals surface area contributed by atoms with Crippen molar-refractivity contribution in [3.05, 3.63) is 29.7 Å². The molecule has 21 heavy (non-hydrogen) atoms. The number of methoxy groups -OCH3 is 1. The van der Waals surface area contributed by atoms with Gasteiger partial charge in [0.15, 0.2) is 0 Å². The monoisotopic (exact) mass is 290 g/mol. The van der Waals surface area contributed by atoms with Gasteiger partial charge in [-0.3, -0.25) is 0 Å². The highest BCUT2D eigenvalue weighted by Crippen LogP contribution is 2.29. The van der Waals surface area contributed by atoms with Crippen molar-refractivity contribution in [2.45, 2.75) is 40.2 Å². The third-order valence-electron chi connectivity index (χ3n) is 3.43. The molecule has 0 aliphatic carbocycles. The summed E-state index contributed by atoms with van der Waals surface area (Å²) in [5.41, 5.74) is 1.65. The lowest BCUT2D eigenvalue weighted by atomic mass is 9.87. The number of aryl methyl sites for hydroxylation is 1. The number of nitrogens with zero attached hydrogens (tertiary/aromatic N) is 2. The summed E-state index contributed by atoms with van der Waals surface area (Å²) in [6.45, 7) is 7.90. The minimum absolute atomic E-state index is 0.226. The molecular weight excluding hydrogens is 268 g/mol. The molecule has 0 aliphatic heterocycles. The summed E-state index contributed by atoms with van der Waals surface area (Å²) in [7, 11) is 1.61. The van der Waals surface area contributed by atoms with E-state index < -0.39 is 6.10 Å². The van der Waals surface area contributed by atoms with Gasteiger partial charge in [-0.1, -0.05) is 32.0 Å². The van der Waals surface area contributed by atoms with Gasteiger partial charge >= 0.3 is 0 Å².